The number of rotatable bonds is 7. The zero-order valence-electron chi connectivity index (χ0n) is 11.9. The first-order valence-corrected chi connectivity index (χ1v) is 8.50. The quantitative estimate of drug-likeness (QED) is 0.771. The molecule has 0 bridgehead atoms. The van der Waals surface area contributed by atoms with E-state index < -0.39 is 0 Å². The molecule has 1 aromatic heterocycles. The highest BCUT2D eigenvalue weighted by molar-refractivity contribution is 9.10. The Morgan fingerprint density at radius 2 is 2.05 bits per heavy atom. The molecule has 1 heterocycles. The maximum atomic E-state index is 5.29. The molecule has 4 heteroatoms. The van der Waals surface area contributed by atoms with Crippen molar-refractivity contribution in [1.82, 2.24) is 5.32 Å². The van der Waals surface area contributed by atoms with Gasteiger partial charge in [0.25, 0.3) is 0 Å². The number of methoxy groups -OCH3 is 1. The van der Waals surface area contributed by atoms with Crippen molar-refractivity contribution in [2.24, 2.45) is 0 Å². The smallest absolute Gasteiger partial charge is 0.129 e. The summed E-state index contributed by atoms with van der Waals surface area (Å²) >= 11 is 5.24. The second-order valence-electron chi connectivity index (χ2n) is 4.73. The summed E-state index contributed by atoms with van der Waals surface area (Å²) in [6.07, 6.45) is 2.14. The summed E-state index contributed by atoms with van der Waals surface area (Å²) in [4.78, 5) is 1.33. The average Bonchev–Trinajstić information content (AvgIpc) is 2.94. The summed E-state index contributed by atoms with van der Waals surface area (Å²) in [6.45, 7) is 3.22. The Hall–Kier alpha value is -0.840. The van der Waals surface area contributed by atoms with Gasteiger partial charge < -0.3 is 10.1 Å². The van der Waals surface area contributed by atoms with Crippen LogP contribution in [0.1, 0.15) is 29.8 Å². The second-order valence-corrected chi connectivity index (χ2v) is 6.58. The van der Waals surface area contributed by atoms with Gasteiger partial charge in [-0.15, -0.1) is 11.3 Å². The van der Waals surface area contributed by atoms with E-state index in [0.29, 0.717) is 6.04 Å². The molecule has 1 aromatic carbocycles. The standard InChI is InChI=1S/C16H20BrNOS/c1-3-8-18-15(16-10-14(19-2)11-20-16)9-12-4-6-13(17)7-5-12/h4-7,10-11,15,18H,3,8-9H2,1-2H3. The molecule has 0 fully saturated rings. The summed E-state index contributed by atoms with van der Waals surface area (Å²) < 4.78 is 6.41. The van der Waals surface area contributed by atoms with Crippen LogP contribution in [0.15, 0.2) is 40.2 Å². The minimum atomic E-state index is 0.352. The number of hydrogen-bond donors (Lipinski definition) is 1. The minimum absolute atomic E-state index is 0.352. The lowest BCUT2D eigenvalue weighted by Gasteiger charge is -2.17. The Balaban J connectivity index is 2.12. The lowest BCUT2D eigenvalue weighted by Crippen LogP contribution is -2.23. The van der Waals surface area contributed by atoms with Gasteiger partial charge in [0.2, 0.25) is 0 Å². The Bertz CT molecular complexity index is 524. The summed E-state index contributed by atoms with van der Waals surface area (Å²) in [6, 6.07) is 11.0. The third-order valence-corrected chi connectivity index (χ3v) is 4.72. The Morgan fingerprint density at radius 1 is 1.30 bits per heavy atom. The van der Waals surface area contributed by atoms with Crippen molar-refractivity contribution < 1.29 is 4.74 Å². The first-order chi connectivity index (χ1) is 9.72. The van der Waals surface area contributed by atoms with Crippen LogP contribution < -0.4 is 10.1 Å². The van der Waals surface area contributed by atoms with Gasteiger partial charge in [0.05, 0.1) is 7.11 Å². The third kappa shape index (κ3) is 4.33. The van der Waals surface area contributed by atoms with Crippen molar-refractivity contribution in [3.05, 3.63) is 50.6 Å². The molecule has 1 atom stereocenters. The molecule has 1 unspecified atom stereocenters. The highest BCUT2D eigenvalue weighted by Crippen LogP contribution is 2.29. The van der Waals surface area contributed by atoms with Gasteiger partial charge in [-0.3, -0.25) is 0 Å². The van der Waals surface area contributed by atoms with Gasteiger partial charge in [0, 0.05) is 20.8 Å². The molecule has 0 aliphatic rings. The van der Waals surface area contributed by atoms with E-state index in [-0.39, 0.29) is 0 Å². The molecule has 2 rings (SSSR count). The Labute approximate surface area is 133 Å². The lowest BCUT2D eigenvalue weighted by molar-refractivity contribution is 0.415. The summed E-state index contributed by atoms with van der Waals surface area (Å²) in [5, 5.41) is 5.70. The molecular formula is C16H20BrNOS. The first-order valence-electron chi connectivity index (χ1n) is 6.83. The van der Waals surface area contributed by atoms with Crippen molar-refractivity contribution in [2.45, 2.75) is 25.8 Å². The number of thiophene rings is 1. The monoisotopic (exact) mass is 353 g/mol. The molecule has 0 saturated carbocycles. The topological polar surface area (TPSA) is 21.3 Å². The van der Waals surface area contributed by atoms with Gasteiger partial charge >= 0.3 is 0 Å². The van der Waals surface area contributed by atoms with E-state index in [4.69, 9.17) is 4.74 Å². The van der Waals surface area contributed by atoms with E-state index in [1.54, 1.807) is 18.4 Å². The van der Waals surface area contributed by atoms with Crippen LogP contribution in [-0.4, -0.2) is 13.7 Å². The molecular weight excluding hydrogens is 334 g/mol. The van der Waals surface area contributed by atoms with E-state index in [0.717, 1.165) is 29.6 Å². The molecule has 0 saturated heterocycles. The number of hydrogen-bond acceptors (Lipinski definition) is 3. The van der Waals surface area contributed by atoms with Crippen LogP contribution in [0.5, 0.6) is 5.75 Å². The van der Waals surface area contributed by atoms with Crippen LogP contribution in [0.4, 0.5) is 0 Å². The Kier molecular flexibility index (Phi) is 6.07. The van der Waals surface area contributed by atoms with E-state index in [9.17, 15) is 0 Å². The molecule has 1 N–H and O–H groups in total. The van der Waals surface area contributed by atoms with Crippen molar-refractivity contribution >= 4 is 27.3 Å². The van der Waals surface area contributed by atoms with Crippen LogP contribution in [0.25, 0.3) is 0 Å². The van der Waals surface area contributed by atoms with Crippen LogP contribution in [0.2, 0.25) is 0 Å². The van der Waals surface area contributed by atoms with Gasteiger partial charge in [-0.2, -0.15) is 0 Å². The molecule has 20 heavy (non-hydrogen) atoms. The fourth-order valence-corrected chi connectivity index (χ4v) is 3.27. The first kappa shape index (κ1) is 15.5. The highest BCUT2D eigenvalue weighted by Gasteiger charge is 2.14. The lowest BCUT2D eigenvalue weighted by atomic mass is 10.0. The van der Waals surface area contributed by atoms with Crippen molar-refractivity contribution in [3.8, 4) is 5.75 Å². The largest absolute Gasteiger partial charge is 0.496 e. The summed E-state index contributed by atoms with van der Waals surface area (Å²) in [7, 11) is 1.72. The fraction of sp³-hybridized carbons (Fsp3) is 0.375. The number of nitrogens with one attached hydrogen (secondary N) is 1. The highest BCUT2D eigenvalue weighted by atomic mass is 79.9. The summed E-state index contributed by atoms with van der Waals surface area (Å²) in [5.74, 6) is 0.948. The fourth-order valence-electron chi connectivity index (χ4n) is 2.07. The molecule has 0 radical (unpaired) electrons. The van der Waals surface area contributed by atoms with Crippen LogP contribution >= 0.6 is 27.3 Å². The van der Waals surface area contributed by atoms with E-state index in [1.165, 1.54) is 10.4 Å². The van der Waals surface area contributed by atoms with Crippen LogP contribution in [-0.2, 0) is 6.42 Å². The van der Waals surface area contributed by atoms with Crippen LogP contribution in [0, 0.1) is 0 Å². The van der Waals surface area contributed by atoms with Gasteiger partial charge in [0.1, 0.15) is 5.75 Å². The number of ether oxygens (including phenoxy) is 1. The molecule has 0 aliphatic heterocycles. The minimum Gasteiger partial charge on any atom is -0.496 e. The molecule has 0 amide bonds. The summed E-state index contributed by atoms with van der Waals surface area (Å²) in [5.41, 5.74) is 1.34. The van der Waals surface area contributed by atoms with Gasteiger partial charge in [-0.05, 0) is 43.1 Å². The second kappa shape index (κ2) is 7.81. The Morgan fingerprint density at radius 3 is 2.65 bits per heavy atom. The molecule has 2 aromatic rings. The normalized spacial score (nSPS) is 12.3. The molecule has 0 aliphatic carbocycles. The molecule has 2 nitrogen and oxygen atoms in total. The van der Waals surface area contributed by atoms with Crippen molar-refractivity contribution in [2.75, 3.05) is 13.7 Å². The van der Waals surface area contributed by atoms with Gasteiger partial charge in [-0.25, -0.2) is 0 Å². The maximum absolute atomic E-state index is 5.29. The van der Waals surface area contributed by atoms with Crippen molar-refractivity contribution in [1.29, 1.82) is 0 Å². The van der Waals surface area contributed by atoms with Gasteiger partial charge in [-0.1, -0.05) is 35.0 Å². The molecule has 0 spiro atoms. The number of halogens is 1. The third-order valence-electron chi connectivity index (χ3n) is 3.17. The number of benzene rings is 1. The predicted octanol–water partition coefficient (Wildman–Crippen LogP) is 4.80. The van der Waals surface area contributed by atoms with E-state index >= 15 is 0 Å². The average molecular weight is 354 g/mol. The maximum Gasteiger partial charge on any atom is 0.129 e. The van der Waals surface area contributed by atoms with Crippen LogP contribution in [0.3, 0.4) is 0 Å². The molecule has 108 valence electrons. The zero-order chi connectivity index (χ0) is 14.4. The zero-order valence-corrected chi connectivity index (χ0v) is 14.3. The SMILES string of the molecule is CCCNC(Cc1ccc(Br)cc1)c1cc(OC)cs1. The van der Waals surface area contributed by atoms with Gasteiger partial charge in [0.15, 0.2) is 0 Å². The van der Waals surface area contributed by atoms with E-state index in [2.05, 4.69) is 63.9 Å². The van der Waals surface area contributed by atoms with Crippen molar-refractivity contribution in [3.63, 3.8) is 0 Å². The van der Waals surface area contributed by atoms with E-state index in [1.807, 2.05) is 0 Å². The predicted molar refractivity (Wildman–Crippen MR) is 89.8 cm³/mol.